The van der Waals surface area contributed by atoms with E-state index in [9.17, 15) is 14.3 Å². The zero-order valence-electron chi connectivity index (χ0n) is 16.1. The van der Waals surface area contributed by atoms with E-state index < -0.39 is 6.10 Å². The Hall–Kier alpha value is -3.06. The third kappa shape index (κ3) is 4.80. The number of ketones is 1. The molecule has 2 heterocycles. The van der Waals surface area contributed by atoms with Gasteiger partial charge in [-0.2, -0.15) is 5.10 Å². The van der Waals surface area contributed by atoms with Crippen molar-refractivity contribution in [2.24, 2.45) is 0 Å². The highest BCUT2D eigenvalue weighted by Gasteiger charge is 2.13. The van der Waals surface area contributed by atoms with Crippen molar-refractivity contribution >= 4 is 17.3 Å². The zero-order chi connectivity index (χ0) is 20.3. The lowest BCUT2D eigenvalue weighted by atomic mass is 10.1. The summed E-state index contributed by atoms with van der Waals surface area (Å²) in [5, 5.41) is 17.5. The van der Waals surface area contributed by atoms with Gasteiger partial charge in [-0.3, -0.25) is 0 Å². The topological polar surface area (TPSA) is 80.0 Å². The Morgan fingerprint density at radius 1 is 1.29 bits per heavy atom. The van der Waals surface area contributed by atoms with Crippen LogP contribution in [0.5, 0.6) is 0 Å². The number of carbonyl (C=O) groups is 1. The number of aliphatic hydroxyl groups is 1. The van der Waals surface area contributed by atoms with Crippen LogP contribution in [0.25, 0.3) is 5.82 Å². The van der Waals surface area contributed by atoms with Crippen molar-refractivity contribution in [1.82, 2.24) is 14.8 Å². The van der Waals surface area contributed by atoms with Gasteiger partial charge in [0.05, 0.1) is 11.8 Å². The van der Waals surface area contributed by atoms with E-state index in [0.717, 1.165) is 11.1 Å². The molecule has 0 bridgehead atoms. The predicted molar refractivity (Wildman–Crippen MR) is 105 cm³/mol. The normalized spacial score (nSPS) is 12.0. The molecule has 0 radical (unpaired) electrons. The monoisotopic (exact) mass is 382 g/mol. The lowest BCUT2D eigenvalue weighted by molar-refractivity contribution is -0.116. The highest BCUT2D eigenvalue weighted by atomic mass is 19.1. The molecule has 1 aromatic carbocycles. The molecule has 0 fully saturated rings. The van der Waals surface area contributed by atoms with Gasteiger partial charge in [0.2, 0.25) is 0 Å². The Morgan fingerprint density at radius 3 is 2.61 bits per heavy atom. The van der Waals surface area contributed by atoms with Crippen LogP contribution in [0.15, 0.2) is 42.6 Å². The smallest absolute Gasteiger partial charge is 0.156 e. The molecule has 0 aliphatic heterocycles. The molecular formula is C21H23FN4O2. The number of aliphatic hydroxyl groups excluding tert-OH is 1. The first-order valence-corrected chi connectivity index (χ1v) is 9.09. The summed E-state index contributed by atoms with van der Waals surface area (Å²) in [5.74, 6) is 0.930. The van der Waals surface area contributed by atoms with Crippen molar-refractivity contribution < 1.29 is 14.3 Å². The van der Waals surface area contributed by atoms with E-state index in [2.05, 4.69) is 15.4 Å². The van der Waals surface area contributed by atoms with Gasteiger partial charge in [0.1, 0.15) is 17.4 Å². The second-order valence-electron chi connectivity index (χ2n) is 6.87. The number of Topliss-reactive ketones (excluding diaryl/α,β-unsaturated/α-hetero) is 1. The second-order valence-corrected chi connectivity index (χ2v) is 6.87. The summed E-state index contributed by atoms with van der Waals surface area (Å²) in [6, 6.07) is 9.73. The van der Waals surface area contributed by atoms with E-state index in [-0.39, 0.29) is 11.6 Å². The van der Waals surface area contributed by atoms with Crippen molar-refractivity contribution in [2.45, 2.75) is 39.7 Å². The number of anilines is 2. The van der Waals surface area contributed by atoms with E-state index in [1.54, 1.807) is 36.9 Å². The first-order chi connectivity index (χ1) is 13.3. The fourth-order valence-corrected chi connectivity index (χ4v) is 2.90. The van der Waals surface area contributed by atoms with Gasteiger partial charge in [-0.05, 0) is 74.7 Å². The van der Waals surface area contributed by atoms with Crippen molar-refractivity contribution in [3.8, 4) is 5.82 Å². The molecule has 0 spiro atoms. The van der Waals surface area contributed by atoms with E-state index >= 15 is 0 Å². The van der Waals surface area contributed by atoms with Crippen LogP contribution in [0, 0.1) is 12.7 Å². The van der Waals surface area contributed by atoms with Crippen molar-refractivity contribution in [3.05, 3.63) is 65.2 Å². The number of pyridine rings is 1. The third-order valence-electron chi connectivity index (χ3n) is 4.32. The lowest BCUT2D eigenvalue weighted by Crippen LogP contribution is -2.05. The molecule has 0 amide bonds. The summed E-state index contributed by atoms with van der Waals surface area (Å²) < 4.78 is 14.8. The number of aryl methyl sites for hydroxylation is 2. The number of rotatable bonds is 7. The standard InChI is InChI=1S/C21H23FN4O2/c1-13-12-26(25-21(13)15(3)28)20-11-16(5-4-14(2)27)10-19(24-20)23-18-8-6-17(22)7-9-18/h6-12,15,28H,4-5H2,1-3H3,(H,23,24). The van der Waals surface area contributed by atoms with Gasteiger partial charge in [-0.15, -0.1) is 0 Å². The Bertz CT molecular complexity index is 981. The number of hydrogen-bond acceptors (Lipinski definition) is 5. The van der Waals surface area contributed by atoms with Gasteiger partial charge in [0.15, 0.2) is 5.82 Å². The molecule has 3 rings (SSSR count). The minimum Gasteiger partial charge on any atom is -0.387 e. The summed E-state index contributed by atoms with van der Waals surface area (Å²) >= 11 is 0. The Labute approximate surface area is 163 Å². The fourth-order valence-electron chi connectivity index (χ4n) is 2.90. The number of nitrogens with zero attached hydrogens (tertiary/aromatic N) is 3. The van der Waals surface area contributed by atoms with Gasteiger partial charge in [-0.25, -0.2) is 14.1 Å². The maximum atomic E-state index is 13.1. The SMILES string of the molecule is CC(=O)CCc1cc(Nc2ccc(F)cc2)nc(-n2cc(C)c(C(C)O)n2)c1. The molecule has 7 heteroatoms. The number of benzene rings is 1. The fraction of sp³-hybridized carbons (Fsp3) is 0.286. The van der Waals surface area contributed by atoms with E-state index in [0.29, 0.717) is 35.9 Å². The molecule has 2 aromatic heterocycles. The van der Waals surface area contributed by atoms with Crippen LogP contribution in [0.2, 0.25) is 0 Å². The van der Waals surface area contributed by atoms with Crippen LogP contribution >= 0.6 is 0 Å². The summed E-state index contributed by atoms with van der Waals surface area (Å²) in [5.41, 5.74) is 3.07. The molecule has 2 N–H and O–H groups in total. The van der Waals surface area contributed by atoms with Gasteiger partial charge < -0.3 is 15.2 Å². The molecule has 0 aliphatic carbocycles. The summed E-state index contributed by atoms with van der Waals surface area (Å²) in [4.78, 5) is 16.0. The minimum atomic E-state index is -0.682. The van der Waals surface area contributed by atoms with Gasteiger partial charge in [0, 0.05) is 18.3 Å². The lowest BCUT2D eigenvalue weighted by Gasteiger charge is -2.11. The molecule has 28 heavy (non-hydrogen) atoms. The largest absolute Gasteiger partial charge is 0.387 e. The van der Waals surface area contributed by atoms with Crippen molar-refractivity contribution in [3.63, 3.8) is 0 Å². The van der Waals surface area contributed by atoms with Crippen molar-refractivity contribution in [2.75, 3.05) is 5.32 Å². The molecule has 146 valence electrons. The van der Waals surface area contributed by atoms with Gasteiger partial charge >= 0.3 is 0 Å². The number of carbonyl (C=O) groups excluding carboxylic acids is 1. The average Bonchev–Trinajstić information content (AvgIpc) is 3.04. The predicted octanol–water partition coefficient (Wildman–Crippen LogP) is 4.03. The average molecular weight is 382 g/mol. The second kappa shape index (κ2) is 8.31. The van der Waals surface area contributed by atoms with Crippen LogP contribution in [0.3, 0.4) is 0 Å². The summed E-state index contributed by atoms with van der Waals surface area (Å²) in [6.45, 7) is 5.10. The van der Waals surface area contributed by atoms with Crippen LogP contribution < -0.4 is 5.32 Å². The Kier molecular flexibility index (Phi) is 5.84. The Balaban J connectivity index is 1.98. The first-order valence-electron chi connectivity index (χ1n) is 9.09. The first kappa shape index (κ1) is 19.7. The van der Waals surface area contributed by atoms with Crippen LogP contribution in [0.1, 0.15) is 43.2 Å². The van der Waals surface area contributed by atoms with Crippen LogP contribution in [-0.2, 0) is 11.2 Å². The van der Waals surface area contributed by atoms with Crippen LogP contribution in [0.4, 0.5) is 15.9 Å². The summed E-state index contributed by atoms with van der Waals surface area (Å²) in [6.07, 6.45) is 2.13. The van der Waals surface area contributed by atoms with Gasteiger partial charge in [0.25, 0.3) is 0 Å². The maximum Gasteiger partial charge on any atom is 0.156 e. The van der Waals surface area contributed by atoms with Crippen molar-refractivity contribution in [1.29, 1.82) is 0 Å². The quantitative estimate of drug-likeness (QED) is 0.645. The third-order valence-corrected chi connectivity index (χ3v) is 4.32. The molecule has 3 aromatic rings. The molecule has 1 unspecified atom stereocenters. The number of aromatic nitrogens is 3. The highest BCUT2D eigenvalue weighted by Crippen LogP contribution is 2.22. The number of hydrogen-bond donors (Lipinski definition) is 2. The minimum absolute atomic E-state index is 0.109. The van der Waals surface area contributed by atoms with Crippen LogP contribution in [-0.4, -0.2) is 25.7 Å². The van der Waals surface area contributed by atoms with Gasteiger partial charge in [-0.1, -0.05) is 0 Å². The molecule has 0 saturated heterocycles. The molecular weight excluding hydrogens is 359 g/mol. The highest BCUT2D eigenvalue weighted by molar-refractivity contribution is 5.75. The van der Waals surface area contributed by atoms with E-state index in [1.807, 2.05) is 19.1 Å². The summed E-state index contributed by atoms with van der Waals surface area (Å²) in [7, 11) is 0. The molecule has 0 saturated carbocycles. The number of nitrogens with one attached hydrogen (secondary N) is 1. The number of halogens is 1. The van der Waals surface area contributed by atoms with E-state index in [4.69, 9.17) is 0 Å². The molecule has 0 aliphatic rings. The maximum absolute atomic E-state index is 13.1. The molecule has 1 atom stereocenters. The zero-order valence-corrected chi connectivity index (χ0v) is 16.1. The Morgan fingerprint density at radius 2 is 2.00 bits per heavy atom. The van der Waals surface area contributed by atoms with E-state index in [1.165, 1.54) is 12.1 Å². The molecule has 6 nitrogen and oxygen atoms in total.